The Balaban J connectivity index is 2.22. The largest absolute Gasteiger partial charge is 0.320 e. The molecule has 0 aliphatic carbocycles. The van der Waals surface area contributed by atoms with Gasteiger partial charge in [-0.25, -0.2) is 4.39 Å². The van der Waals surface area contributed by atoms with E-state index in [9.17, 15) is 19.3 Å². The molecule has 0 fully saturated rings. The average Bonchev–Trinajstić information content (AvgIpc) is 2.55. The van der Waals surface area contributed by atoms with E-state index in [1.165, 1.54) is 42.5 Å². The minimum absolute atomic E-state index is 0.0309. The van der Waals surface area contributed by atoms with Gasteiger partial charge in [-0.3, -0.25) is 14.9 Å². The van der Waals surface area contributed by atoms with Gasteiger partial charge in [0.25, 0.3) is 11.6 Å². The minimum Gasteiger partial charge on any atom is -0.320 e. The number of rotatable bonds is 4. The summed E-state index contributed by atoms with van der Waals surface area (Å²) >= 11 is 5.88. The highest BCUT2D eigenvalue weighted by molar-refractivity contribution is 6.34. The second-order valence-electron chi connectivity index (χ2n) is 4.60. The summed E-state index contributed by atoms with van der Waals surface area (Å²) in [6.07, 6.45) is 1.29. The number of benzene rings is 2. The predicted octanol–water partition coefficient (Wildman–Crippen LogP) is 3.93. The number of non-ortho nitro benzene ring substituents is 1. The minimum atomic E-state index is -0.738. The van der Waals surface area contributed by atoms with Crippen LogP contribution in [-0.4, -0.2) is 10.8 Å². The molecule has 0 aliphatic heterocycles. The Kier molecular flexibility index (Phi) is 5.24. The van der Waals surface area contributed by atoms with Crippen LogP contribution in [0.25, 0.3) is 6.08 Å². The van der Waals surface area contributed by atoms with Gasteiger partial charge in [0.1, 0.15) is 17.5 Å². The van der Waals surface area contributed by atoms with Crippen molar-refractivity contribution in [2.75, 3.05) is 5.32 Å². The van der Waals surface area contributed by atoms with Gasteiger partial charge in [-0.1, -0.05) is 23.7 Å². The number of carbonyl (C=O) groups excluding carboxylic acids is 1. The highest BCUT2D eigenvalue weighted by atomic mass is 35.5. The summed E-state index contributed by atoms with van der Waals surface area (Å²) in [6, 6.07) is 10.5. The second-order valence-corrected chi connectivity index (χ2v) is 5.00. The number of halogens is 2. The molecule has 2 aromatic carbocycles. The Morgan fingerprint density at radius 1 is 1.29 bits per heavy atom. The van der Waals surface area contributed by atoms with E-state index < -0.39 is 16.6 Å². The first-order valence-electron chi connectivity index (χ1n) is 6.53. The van der Waals surface area contributed by atoms with Crippen LogP contribution in [0.4, 0.5) is 15.8 Å². The first-order chi connectivity index (χ1) is 11.4. The molecule has 120 valence electrons. The molecule has 1 N–H and O–H groups in total. The molecule has 24 heavy (non-hydrogen) atoms. The lowest BCUT2D eigenvalue weighted by Crippen LogP contribution is -2.13. The molecule has 0 unspecified atom stereocenters. The third kappa shape index (κ3) is 4.15. The van der Waals surface area contributed by atoms with E-state index in [4.69, 9.17) is 16.9 Å². The third-order valence-corrected chi connectivity index (χ3v) is 3.27. The summed E-state index contributed by atoms with van der Waals surface area (Å²) in [6.45, 7) is 0. The maximum atomic E-state index is 12.9. The number of nitriles is 1. The van der Waals surface area contributed by atoms with Crippen molar-refractivity contribution in [1.82, 2.24) is 0 Å². The van der Waals surface area contributed by atoms with Crippen LogP contribution in [0.1, 0.15) is 5.56 Å². The molecule has 0 atom stereocenters. The second kappa shape index (κ2) is 7.35. The number of anilines is 1. The normalized spacial score (nSPS) is 10.8. The molecular weight excluding hydrogens is 337 g/mol. The van der Waals surface area contributed by atoms with E-state index in [1.807, 2.05) is 0 Å². The first-order valence-corrected chi connectivity index (χ1v) is 6.91. The highest BCUT2D eigenvalue weighted by Crippen LogP contribution is 2.27. The Morgan fingerprint density at radius 2 is 1.96 bits per heavy atom. The van der Waals surface area contributed by atoms with Gasteiger partial charge in [0.05, 0.1) is 15.6 Å². The molecule has 0 bridgehead atoms. The van der Waals surface area contributed by atoms with Crippen LogP contribution in [0.2, 0.25) is 5.02 Å². The number of hydrogen-bond donors (Lipinski definition) is 1. The molecule has 0 radical (unpaired) electrons. The number of amides is 1. The Morgan fingerprint density at radius 3 is 2.50 bits per heavy atom. The molecule has 0 saturated heterocycles. The topological polar surface area (TPSA) is 96.0 Å². The zero-order valence-corrected chi connectivity index (χ0v) is 12.7. The molecule has 1 amide bonds. The van der Waals surface area contributed by atoms with Gasteiger partial charge in [-0.05, 0) is 29.8 Å². The molecule has 0 heterocycles. The predicted molar refractivity (Wildman–Crippen MR) is 86.7 cm³/mol. The molecule has 2 aromatic rings. The zero-order valence-electron chi connectivity index (χ0n) is 12.0. The smallest absolute Gasteiger partial charge is 0.271 e. The zero-order chi connectivity index (χ0) is 17.7. The number of nitro benzene ring substituents is 1. The van der Waals surface area contributed by atoms with Crippen molar-refractivity contribution in [3.63, 3.8) is 0 Å². The summed E-state index contributed by atoms with van der Waals surface area (Å²) in [5.74, 6) is -1.18. The molecular formula is C16H9ClFN3O3. The van der Waals surface area contributed by atoms with E-state index in [0.717, 1.165) is 6.07 Å². The standard InChI is InChI=1S/C16H9ClFN3O3/c17-14-8-13(21(23)24)5-6-15(14)20-16(22)11(9-19)7-10-1-3-12(18)4-2-10/h1-8H,(H,20,22)/b11-7+. The van der Waals surface area contributed by atoms with E-state index in [-0.39, 0.29) is 22.0 Å². The third-order valence-electron chi connectivity index (χ3n) is 2.96. The van der Waals surface area contributed by atoms with Crippen LogP contribution in [0.3, 0.4) is 0 Å². The molecule has 8 heteroatoms. The molecule has 0 aromatic heterocycles. The van der Waals surface area contributed by atoms with Gasteiger partial charge in [-0.2, -0.15) is 5.26 Å². The van der Waals surface area contributed by atoms with Crippen molar-refractivity contribution in [2.45, 2.75) is 0 Å². The van der Waals surface area contributed by atoms with Gasteiger partial charge in [0, 0.05) is 12.1 Å². The van der Waals surface area contributed by atoms with Crippen molar-refractivity contribution in [3.05, 3.63) is 74.6 Å². The summed E-state index contributed by atoms with van der Waals surface area (Å²) < 4.78 is 12.9. The molecule has 0 saturated carbocycles. The Hall–Kier alpha value is -3.24. The number of nitrogens with zero attached hydrogens (tertiary/aromatic N) is 2. The SMILES string of the molecule is N#C/C(=C\c1ccc(F)cc1)C(=O)Nc1ccc([N+](=O)[O-])cc1Cl. The fraction of sp³-hybridized carbons (Fsp3) is 0. The van der Waals surface area contributed by atoms with Gasteiger partial charge in [0.2, 0.25) is 0 Å². The molecule has 0 aliphatic rings. The number of nitrogens with one attached hydrogen (secondary N) is 1. The van der Waals surface area contributed by atoms with Crippen LogP contribution in [0, 0.1) is 27.3 Å². The molecule has 6 nitrogen and oxygen atoms in total. The van der Waals surface area contributed by atoms with E-state index in [2.05, 4.69) is 5.32 Å². The first kappa shape index (κ1) is 17.1. The summed E-state index contributed by atoms with van der Waals surface area (Å²) in [4.78, 5) is 22.1. The molecule has 2 rings (SSSR count). The Bertz CT molecular complexity index is 873. The van der Waals surface area contributed by atoms with E-state index in [0.29, 0.717) is 5.56 Å². The van der Waals surface area contributed by atoms with Crippen LogP contribution >= 0.6 is 11.6 Å². The van der Waals surface area contributed by atoms with E-state index >= 15 is 0 Å². The van der Waals surface area contributed by atoms with Crippen LogP contribution in [-0.2, 0) is 4.79 Å². The summed E-state index contributed by atoms with van der Waals surface area (Å²) in [7, 11) is 0. The van der Waals surface area contributed by atoms with Gasteiger partial charge < -0.3 is 5.32 Å². The quantitative estimate of drug-likeness (QED) is 0.393. The fourth-order valence-corrected chi connectivity index (χ4v) is 2.00. The summed E-state index contributed by atoms with van der Waals surface area (Å²) in [5.41, 5.74) is 0.154. The van der Waals surface area contributed by atoms with Crippen molar-refractivity contribution >= 4 is 35.0 Å². The van der Waals surface area contributed by atoms with Crippen LogP contribution < -0.4 is 5.32 Å². The van der Waals surface area contributed by atoms with E-state index in [1.54, 1.807) is 6.07 Å². The average molecular weight is 346 g/mol. The lowest BCUT2D eigenvalue weighted by Gasteiger charge is -2.06. The van der Waals surface area contributed by atoms with Crippen LogP contribution in [0.15, 0.2) is 48.0 Å². The number of hydrogen-bond acceptors (Lipinski definition) is 4. The van der Waals surface area contributed by atoms with Crippen molar-refractivity contribution < 1.29 is 14.1 Å². The monoisotopic (exact) mass is 345 g/mol. The van der Waals surface area contributed by atoms with Crippen molar-refractivity contribution in [2.24, 2.45) is 0 Å². The highest BCUT2D eigenvalue weighted by Gasteiger charge is 2.14. The lowest BCUT2D eigenvalue weighted by molar-refractivity contribution is -0.384. The van der Waals surface area contributed by atoms with Crippen LogP contribution in [0.5, 0.6) is 0 Å². The van der Waals surface area contributed by atoms with Gasteiger partial charge >= 0.3 is 0 Å². The number of carbonyl (C=O) groups is 1. The van der Waals surface area contributed by atoms with Gasteiger partial charge in [0.15, 0.2) is 0 Å². The maximum absolute atomic E-state index is 12.9. The maximum Gasteiger partial charge on any atom is 0.271 e. The summed E-state index contributed by atoms with van der Waals surface area (Å²) in [5, 5.41) is 22.1. The lowest BCUT2D eigenvalue weighted by atomic mass is 10.1. The van der Waals surface area contributed by atoms with Crippen molar-refractivity contribution in [1.29, 1.82) is 5.26 Å². The fourth-order valence-electron chi connectivity index (χ4n) is 1.78. The van der Waals surface area contributed by atoms with Crippen molar-refractivity contribution in [3.8, 4) is 6.07 Å². The Labute approximate surface area is 140 Å². The number of nitro groups is 1. The molecule has 0 spiro atoms. The van der Waals surface area contributed by atoms with Gasteiger partial charge in [-0.15, -0.1) is 0 Å².